The van der Waals surface area contributed by atoms with Crippen molar-refractivity contribution in [3.8, 4) is 11.1 Å². The van der Waals surface area contributed by atoms with E-state index in [0.717, 1.165) is 78.0 Å². The predicted octanol–water partition coefficient (Wildman–Crippen LogP) is 4.60. The van der Waals surface area contributed by atoms with Crippen molar-refractivity contribution in [3.05, 3.63) is 114 Å². The molecule has 226 valence electrons. The molecule has 6 rings (SSSR count). The zero-order valence-electron chi connectivity index (χ0n) is 23.4. The van der Waals surface area contributed by atoms with Crippen molar-refractivity contribution in [1.82, 2.24) is 25.2 Å². The maximum Gasteiger partial charge on any atom is 0.323 e. The number of piperazine rings is 1. The maximum atomic E-state index is 16.0. The maximum absolute atomic E-state index is 16.0. The molecule has 44 heavy (non-hydrogen) atoms. The number of hydrogen-bond donors (Lipinski definition) is 2. The van der Waals surface area contributed by atoms with Gasteiger partial charge < -0.3 is 20.6 Å². The molecule has 0 saturated carbocycles. The van der Waals surface area contributed by atoms with Gasteiger partial charge in [-0.05, 0) is 70.6 Å². The van der Waals surface area contributed by atoms with Gasteiger partial charge in [-0.3, -0.25) is 4.98 Å². The SMILES string of the molecule is Nc1ccc(N2CCN(c3ccc(-c4ccc(C(F)(F)[C@](O)(Cn5cnnn5)c5ccc(F)cc5F)nc4)cc3)CC2)cc1. The third kappa shape index (κ3) is 5.53. The van der Waals surface area contributed by atoms with E-state index in [9.17, 15) is 13.9 Å². The van der Waals surface area contributed by atoms with Gasteiger partial charge in [-0.1, -0.05) is 18.2 Å². The van der Waals surface area contributed by atoms with Crippen LogP contribution in [0.5, 0.6) is 0 Å². The first kappa shape index (κ1) is 29.1. The van der Waals surface area contributed by atoms with Crippen LogP contribution in [0.15, 0.2) is 91.4 Å². The van der Waals surface area contributed by atoms with Crippen LogP contribution in [-0.4, -0.2) is 56.5 Å². The van der Waals surface area contributed by atoms with Crippen molar-refractivity contribution in [2.75, 3.05) is 41.7 Å². The van der Waals surface area contributed by atoms with Gasteiger partial charge in [0.05, 0.1) is 6.54 Å². The molecule has 1 fully saturated rings. The summed E-state index contributed by atoms with van der Waals surface area (Å²) in [7, 11) is 0. The Balaban J connectivity index is 1.19. The minimum atomic E-state index is -4.13. The Hall–Kier alpha value is -5.04. The number of nitrogen functional groups attached to an aromatic ring is 1. The third-order valence-electron chi connectivity index (χ3n) is 7.87. The van der Waals surface area contributed by atoms with Crippen LogP contribution in [0, 0.1) is 11.6 Å². The van der Waals surface area contributed by atoms with Crippen LogP contribution in [0.1, 0.15) is 11.3 Å². The van der Waals surface area contributed by atoms with Crippen LogP contribution in [0.4, 0.5) is 34.6 Å². The van der Waals surface area contributed by atoms with E-state index in [4.69, 9.17) is 5.73 Å². The Kier molecular flexibility index (Phi) is 7.64. The van der Waals surface area contributed by atoms with Gasteiger partial charge in [-0.2, -0.15) is 8.78 Å². The zero-order valence-corrected chi connectivity index (χ0v) is 23.4. The summed E-state index contributed by atoms with van der Waals surface area (Å²) in [4.78, 5) is 8.54. The van der Waals surface area contributed by atoms with Crippen molar-refractivity contribution >= 4 is 17.1 Å². The van der Waals surface area contributed by atoms with E-state index >= 15 is 8.78 Å². The molecule has 3 aromatic carbocycles. The quantitative estimate of drug-likeness (QED) is 0.196. The first-order valence-electron chi connectivity index (χ1n) is 13.8. The molecule has 0 spiro atoms. The van der Waals surface area contributed by atoms with Gasteiger partial charge in [0, 0.05) is 66.6 Å². The molecule has 3 heterocycles. The topological polar surface area (TPSA) is 109 Å². The summed E-state index contributed by atoms with van der Waals surface area (Å²) in [5, 5.41) is 21.7. The Morgan fingerprint density at radius 2 is 1.41 bits per heavy atom. The number of rotatable bonds is 8. The fraction of sp³-hybridized carbons (Fsp3) is 0.226. The molecule has 1 atom stereocenters. The number of pyridine rings is 1. The fourth-order valence-corrected chi connectivity index (χ4v) is 5.40. The monoisotopic (exact) mass is 604 g/mol. The molecule has 1 aliphatic rings. The van der Waals surface area contributed by atoms with Crippen LogP contribution < -0.4 is 15.5 Å². The van der Waals surface area contributed by atoms with Crippen LogP contribution in [-0.2, 0) is 18.1 Å². The van der Waals surface area contributed by atoms with Gasteiger partial charge in [0.1, 0.15) is 23.7 Å². The largest absolute Gasteiger partial charge is 0.399 e. The number of hydrogen-bond acceptors (Lipinski definition) is 8. The number of nitrogens with two attached hydrogens (primary N) is 1. The number of nitrogens with zero attached hydrogens (tertiary/aromatic N) is 7. The molecule has 1 saturated heterocycles. The smallest absolute Gasteiger partial charge is 0.323 e. The molecule has 0 aliphatic carbocycles. The Morgan fingerprint density at radius 3 is 1.95 bits per heavy atom. The van der Waals surface area contributed by atoms with Crippen LogP contribution >= 0.6 is 0 Å². The molecule has 1 aliphatic heterocycles. The lowest BCUT2D eigenvalue weighted by Gasteiger charge is -2.37. The van der Waals surface area contributed by atoms with E-state index in [0.29, 0.717) is 11.6 Å². The van der Waals surface area contributed by atoms with Gasteiger partial charge >= 0.3 is 5.92 Å². The molecular weight excluding hydrogens is 576 g/mol. The van der Waals surface area contributed by atoms with Crippen molar-refractivity contribution in [2.45, 2.75) is 18.1 Å². The van der Waals surface area contributed by atoms with Crippen molar-refractivity contribution in [2.24, 2.45) is 0 Å². The van der Waals surface area contributed by atoms with Crippen LogP contribution in [0.2, 0.25) is 0 Å². The van der Waals surface area contributed by atoms with Crippen LogP contribution in [0.3, 0.4) is 0 Å². The fourth-order valence-electron chi connectivity index (χ4n) is 5.40. The molecule has 3 N–H and O–H groups in total. The first-order valence-corrected chi connectivity index (χ1v) is 13.8. The highest BCUT2D eigenvalue weighted by Crippen LogP contribution is 2.47. The number of benzene rings is 3. The molecule has 5 aromatic rings. The van der Waals surface area contributed by atoms with E-state index < -0.39 is 41.0 Å². The minimum Gasteiger partial charge on any atom is -0.399 e. The highest BCUT2D eigenvalue weighted by atomic mass is 19.3. The summed E-state index contributed by atoms with van der Waals surface area (Å²) in [6.45, 7) is 2.45. The Bertz CT molecular complexity index is 1710. The number of aromatic nitrogens is 5. The summed E-state index contributed by atoms with van der Waals surface area (Å²) in [5.41, 5.74) is 5.19. The van der Waals surface area contributed by atoms with Gasteiger partial charge in [-0.15, -0.1) is 5.10 Å². The van der Waals surface area contributed by atoms with Crippen molar-refractivity contribution < 1.29 is 22.7 Å². The molecule has 0 bridgehead atoms. The van der Waals surface area contributed by atoms with Crippen molar-refractivity contribution in [1.29, 1.82) is 0 Å². The molecule has 0 amide bonds. The Morgan fingerprint density at radius 1 is 0.795 bits per heavy atom. The van der Waals surface area contributed by atoms with Crippen molar-refractivity contribution in [3.63, 3.8) is 0 Å². The zero-order chi connectivity index (χ0) is 30.9. The molecule has 0 radical (unpaired) electrons. The number of aliphatic hydroxyl groups is 1. The van der Waals surface area contributed by atoms with Gasteiger partial charge in [0.2, 0.25) is 0 Å². The van der Waals surface area contributed by atoms with E-state index in [-0.39, 0.29) is 0 Å². The van der Waals surface area contributed by atoms with Crippen LogP contribution in [0.25, 0.3) is 11.1 Å². The standard InChI is InChI=1S/C31H28F4N8O/c32-23-4-11-27(28(33)17-23)30(44,19-43-20-38-39-40-43)31(34,35)29-12-3-22(18-37-29)21-1-7-25(8-2-21)41-13-15-42(16-14-41)26-9-5-24(36)6-10-26/h1-12,17-18,20,44H,13-16,19,36H2/t30-/m0/s1. The predicted molar refractivity (Wildman–Crippen MR) is 157 cm³/mol. The number of anilines is 3. The molecule has 0 unspecified atom stereocenters. The summed E-state index contributed by atoms with van der Waals surface area (Å²) in [6, 6.07) is 20.1. The lowest BCUT2D eigenvalue weighted by atomic mass is 9.84. The number of tetrazole rings is 1. The summed E-state index contributed by atoms with van der Waals surface area (Å²) < 4.78 is 61.3. The minimum absolute atomic E-state index is 0.427. The number of alkyl halides is 2. The highest BCUT2D eigenvalue weighted by molar-refractivity contribution is 5.66. The van der Waals surface area contributed by atoms with E-state index in [1.807, 2.05) is 48.5 Å². The highest BCUT2D eigenvalue weighted by Gasteiger charge is 2.58. The van der Waals surface area contributed by atoms with Gasteiger partial charge in [0.25, 0.3) is 0 Å². The lowest BCUT2D eigenvalue weighted by Crippen LogP contribution is -2.48. The summed E-state index contributed by atoms with van der Waals surface area (Å²) in [6.07, 6.45) is 2.27. The summed E-state index contributed by atoms with van der Waals surface area (Å²) in [5.74, 6) is -6.45. The van der Waals surface area contributed by atoms with Gasteiger partial charge in [-0.25, -0.2) is 13.5 Å². The Labute approximate surface area is 250 Å². The lowest BCUT2D eigenvalue weighted by molar-refractivity contribution is -0.207. The summed E-state index contributed by atoms with van der Waals surface area (Å²) >= 11 is 0. The molecular formula is C31H28F4N8O. The second-order valence-electron chi connectivity index (χ2n) is 10.6. The van der Waals surface area contributed by atoms with E-state index in [2.05, 4.69) is 30.3 Å². The average molecular weight is 605 g/mol. The van der Waals surface area contributed by atoms with Gasteiger partial charge in [0.15, 0.2) is 5.60 Å². The second kappa shape index (κ2) is 11.6. The second-order valence-corrected chi connectivity index (χ2v) is 10.6. The number of halogens is 4. The molecule has 13 heteroatoms. The first-order chi connectivity index (χ1) is 21.1. The third-order valence-corrected chi connectivity index (χ3v) is 7.87. The van der Waals surface area contributed by atoms with E-state index in [1.54, 1.807) is 0 Å². The molecule has 2 aromatic heterocycles. The average Bonchev–Trinajstić information content (AvgIpc) is 3.54. The normalized spacial score (nSPS) is 15.3. The molecule has 9 nitrogen and oxygen atoms in total. The van der Waals surface area contributed by atoms with E-state index in [1.165, 1.54) is 12.3 Å².